The topological polar surface area (TPSA) is 32.8 Å². The molecule has 0 N–H and O–H groups in total. The summed E-state index contributed by atoms with van der Waals surface area (Å²) >= 11 is 0. The van der Waals surface area contributed by atoms with Gasteiger partial charge in [-0.25, -0.2) is 8.78 Å². The minimum Gasteiger partial charge on any atom is -0.357 e. The van der Waals surface area contributed by atoms with Crippen molar-refractivity contribution in [3.63, 3.8) is 0 Å². The van der Waals surface area contributed by atoms with Gasteiger partial charge in [0.15, 0.2) is 12.3 Å². The van der Waals surface area contributed by atoms with Crippen LogP contribution in [0.25, 0.3) is 0 Å². The molecule has 0 aromatic rings. The number of allylic oxidation sites excluding steroid dienone is 2. The molecule has 25 heavy (non-hydrogen) atoms. The van der Waals surface area contributed by atoms with Crippen LogP contribution in [0.2, 0.25) is 0 Å². The molecule has 4 aliphatic rings. The predicted molar refractivity (Wildman–Crippen MR) is 90.7 cm³/mol. The summed E-state index contributed by atoms with van der Waals surface area (Å²) in [7, 11) is 0. The third-order valence-corrected chi connectivity index (χ3v) is 6.00. The van der Waals surface area contributed by atoms with Gasteiger partial charge in [0, 0.05) is 32.7 Å². The van der Waals surface area contributed by atoms with Gasteiger partial charge in [0.05, 0.1) is 5.60 Å². The van der Waals surface area contributed by atoms with E-state index in [1.807, 2.05) is 11.8 Å². The van der Waals surface area contributed by atoms with Crippen molar-refractivity contribution in [2.45, 2.75) is 56.2 Å². The Hall–Kier alpha value is -1.27. The Morgan fingerprint density at radius 3 is 2.52 bits per heavy atom. The van der Waals surface area contributed by atoms with Crippen LogP contribution in [0.4, 0.5) is 8.78 Å². The Morgan fingerprint density at radius 2 is 1.92 bits per heavy atom. The molecule has 2 unspecified atom stereocenters. The van der Waals surface area contributed by atoms with E-state index in [-0.39, 0.29) is 11.5 Å². The van der Waals surface area contributed by atoms with Crippen molar-refractivity contribution in [2.24, 2.45) is 0 Å². The lowest BCUT2D eigenvalue weighted by molar-refractivity contribution is -0.199. The molecule has 2 aliphatic carbocycles. The van der Waals surface area contributed by atoms with Crippen LogP contribution in [0.5, 0.6) is 0 Å². The number of likely N-dealkylation sites (tertiary alicyclic amines) is 1. The second-order valence-corrected chi connectivity index (χ2v) is 7.86. The molecular formula is C19H26F2N2O2. The molecule has 6 heteroatoms. The van der Waals surface area contributed by atoms with Crippen molar-refractivity contribution < 1.29 is 18.3 Å². The smallest absolute Gasteiger partial charge is 0.254 e. The number of nitrogens with zero attached hydrogens (tertiary/aromatic N) is 2. The first-order valence-corrected chi connectivity index (χ1v) is 9.34. The van der Waals surface area contributed by atoms with Crippen LogP contribution in [-0.2, 0) is 9.53 Å². The van der Waals surface area contributed by atoms with Gasteiger partial charge in [0.25, 0.3) is 5.91 Å². The first-order valence-electron chi connectivity index (χ1n) is 9.34. The normalized spacial score (nSPS) is 33.8. The monoisotopic (exact) mass is 352 g/mol. The van der Waals surface area contributed by atoms with Gasteiger partial charge < -0.3 is 9.64 Å². The summed E-state index contributed by atoms with van der Waals surface area (Å²) in [6.45, 7) is 5.77. The van der Waals surface area contributed by atoms with Gasteiger partial charge in [-0.05, 0) is 50.3 Å². The van der Waals surface area contributed by atoms with E-state index in [0.717, 1.165) is 50.9 Å². The SMILES string of the molecule is CCN1CC2(CCN(CC3=CC(F)C(F)C=C3)CC2)OC2(CC2)C1=O. The number of carbonyl (C=O) groups is 1. The fraction of sp³-hybridized carbons (Fsp3) is 0.737. The number of hydrogen-bond acceptors (Lipinski definition) is 3. The minimum absolute atomic E-state index is 0.162. The number of halogens is 2. The lowest BCUT2D eigenvalue weighted by Crippen LogP contribution is -2.62. The number of alkyl halides is 2. The summed E-state index contributed by atoms with van der Waals surface area (Å²) in [5.74, 6) is 0.162. The largest absolute Gasteiger partial charge is 0.357 e. The molecule has 0 aromatic carbocycles. The van der Waals surface area contributed by atoms with Gasteiger partial charge in [-0.2, -0.15) is 0 Å². The van der Waals surface area contributed by atoms with E-state index in [0.29, 0.717) is 13.1 Å². The molecule has 0 bridgehead atoms. The molecule has 3 fully saturated rings. The number of hydrogen-bond donors (Lipinski definition) is 0. The maximum atomic E-state index is 13.5. The second-order valence-electron chi connectivity index (χ2n) is 7.86. The first kappa shape index (κ1) is 17.2. The van der Waals surface area contributed by atoms with Crippen molar-refractivity contribution in [2.75, 3.05) is 32.7 Å². The molecule has 2 spiro atoms. The van der Waals surface area contributed by atoms with Crippen LogP contribution in [0, 0.1) is 0 Å². The maximum Gasteiger partial charge on any atom is 0.254 e. The quantitative estimate of drug-likeness (QED) is 0.782. The Labute approximate surface area is 147 Å². The van der Waals surface area contributed by atoms with E-state index in [4.69, 9.17) is 4.74 Å². The van der Waals surface area contributed by atoms with Crippen molar-refractivity contribution in [3.05, 3.63) is 23.8 Å². The molecule has 1 amide bonds. The van der Waals surface area contributed by atoms with E-state index in [2.05, 4.69) is 4.90 Å². The third-order valence-electron chi connectivity index (χ3n) is 6.00. The van der Waals surface area contributed by atoms with Gasteiger partial charge >= 0.3 is 0 Å². The van der Waals surface area contributed by atoms with Crippen molar-refractivity contribution in [3.8, 4) is 0 Å². The molecule has 2 atom stereocenters. The summed E-state index contributed by atoms with van der Waals surface area (Å²) in [5.41, 5.74) is 0.0640. The van der Waals surface area contributed by atoms with Crippen LogP contribution in [0.1, 0.15) is 32.6 Å². The summed E-state index contributed by atoms with van der Waals surface area (Å²) in [6.07, 6.45) is 4.77. The van der Waals surface area contributed by atoms with E-state index in [1.54, 1.807) is 6.08 Å². The fourth-order valence-corrected chi connectivity index (χ4v) is 4.30. The van der Waals surface area contributed by atoms with Crippen molar-refractivity contribution in [1.82, 2.24) is 9.80 Å². The van der Waals surface area contributed by atoms with Gasteiger partial charge in [0.2, 0.25) is 0 Å². The lowest BCUT2D eigenvalue weighted by Gasteiger charge is -2.50. The minimum atomic E-state index is -1.53. The maximum absolute atomic E-state index is 13.5. The summed E-state index contributed by atoms with van der Waals surface area (Å²) in [5, 5.41) is 0. The standard InChI is InChI=1S/C19H26F2N2O2/c1-2-23-13-18(25-19(5-6-19)17(23)24)7-9-22(10-8-18)12-14-3-4-15(20)16(21)11-14/h3-4,11,15-16H,2,5-10,12-13H2,1H3. The van der Waals surface area contributed by atoms with E-state index in [9.17, 15) is 13.6 Å². The van der Waals surface area contributed by atoms with E-state index in [1.165, 1.54) is 12.2 Å². The van der Waals surface area contributed by atoms with E-state index >= 15 is 0 Å². The summed E-state index contributed by atoms with van der Waals surface area (Å²) in [4.78, 5) is 16.7. The van der Waals surface area contributed by atoms with Gasteiger partial charge in [0.1, 0.15) is 5.60 Å². The molecule has 4 nitrogen and oxygen atoms in total. The highest BCUT2D eigenvalue weighted by atomic mass is 19.2. The molecule has 1 saturated carbocycles. The van der Waals surface area contributed by atoms with Gasteiger partial charge in [-0.1, -0.05) is 6.08 Å². The Balaban J connectivity index is 1.38. The average molecular weight is 352 g/mol. The average Bonchev–Trinajstić information content (AvgIpc) is 3.37. The number of morpholine rings is 1. The number of likely N-dealkylation sites (N-methyl/N-ethyl adjacent to an activating group) is 1. The number of carbonyl (C=O) groups excluding carboxylic acids is 1. The number of ether oxygens (including phenoxy) is 1. The fourth-order valence-electron chi connectivity index (χ4n) is 4.30. The first-order chi connectivity index (χ1) is 12.0. The highest BCUT2D eigenvalue weighted by Crippen LogP contribution is 2.49. The van der Waals surface area contributed by atoms with Crippen LogP contribution >= 0.6 is 0 Å². The van der Waals surface area contributed by atoms with Gasteiger partial charge in [-0.15, -0.1) is 0 Å². The molecule has 2 aliphatic heterocycles. The van der Waals surface area contributed by atoms with Crippen LogP contribution < -0.4 is 0 Å². The Kier molecular flexibility index (Phi) is 4.23. The van der Waals surface area contributed by atoms with E-state index < -0.39 is 17.9 Å². The predicted octanol–water partition coefficient (Wildman–Crippen LogP) is 2.40. The van der Waals surface area contributed by atoms with Crippen LogP contribution in [-0.4, -0.2) is 72.0 Å². The van der Waals surface area contributed by atoms with Gasteiger partial charge in [-0.3, -0.25) is 9.69 Å². The molecular weight excluding hydrogens is 326 g/mol. The molecule has 0 aromatic heterocycles. The summed E-state index contributed by atoms with van der Waals surface area (Å²) < 4.78 is 33.1. The lowest BCUT2D eigenvalue weighted by atomic mass is 9.87. The molecule has 0 radical (unpaired) electrons. The molecule has 2 saturated heterocycles. The zero-order valence-electron chi connectivity index (χ0n) is 14.7. The number of rotatable bonds is 3. The Morgan fingerprint density at radius 1 is 1.20 bits per heavy atom. The number of piperidine rings is 1. The second kappa shape index (κ2) is 6.16. The third kappa shape index (κ3) is 3.14. The zero-order valence-corrected chi connectivity index (χ0v) is 14.7. The Bertz CT molecular complexity index is 607. The molecule has 2 heterocycles. The summed E-state index contributed by atoms with van der Waals surface area (Å²) in [6, 6.07) is 0. The van der Waals surface area contributed by atoms with Crippen molar-refractivity contribution >= 4 is 5.91 Å². The molecule has 4 rings (SSSR count). The number of amides is 1. The highest BCUT2D eigenvalue weighted by molar-refractivity contribution is 5.89. The van der Waals surface area contributed by atoms with Crippen LogP contribution in [0.3, 0.4) is 0 Å². The highest BCUT2D eigenvalue weighted by Gasteiger charge is 2.61. The molecule has 138 valence electrons. The van der Waals surface area contributed by atoms with Crippen molar-refractivity contribution in [1.29, 1.82) is 0 Å². The zero-order chi connectivity index (χ0) is 17.7. The van der Waals surface area contributed by atoms with Crippen LogP contribution in [0.15, 0.2) is 23.8 Å².